The molecule has 1 amide bonds. The molecule has 1 aromatic heterocycles. The molecule has 0 bridgehead atoms. The molecule has 40 heavy (non-hydrogen) atoms. The van der Waals surface area contributed by atoms with Gasteiger partial charge < -0.3 is 10.0 Å². The van der Waals surface area contributed by atoms with Crippen LogP contribution in [0.25, 0.3) is 11.1 Å². The quantitative estimate of drug-likeness (QED) is 0.222. The van der Waals surface area contributed by atoms with Crippen LogP contribution in [0.15, 0.2) is 97.3 Å². The molecule has 1 fully saturated rings. The number of hydrogen-bond acceptors (Lipinski definition) is 4. The summed E-state index contributed by atoms with van der Waals surface area (Å²) in [7, 11) is 0. The van der Waals surface area contributed by atoms with Crippen LogP contribution in [-0.2, 0) is 35.5 Å². The monoisotopic (exact) mass is 532 g/mol. The lowest BCUT2D eigenvalue weighted by Crippen LogP contribution is -2.31. The molecule has 6 nitrogen and oxygen atoms in total. The molecule has 1 N–H and O–H groups in total. The number of pyridine rings is 1. The van der Waals surface area contributed by atoms with Crippen LogP contribution in [0.3, 0.4) is 0 Å². The first kappa shape index (κ1) is 27.0. The largest absolute Gasteiger partial charge is 0.481 e. The van der Waals surface area contributed by atoms with E-state index in [1.54, 1.807) is 12.4 Å². The maximum Gasteiger partial charge on any atom is 0.307 e. The van der Waals surface area contributed by atoms with E-state index in [1.807, 2.05) is 89.8 Å². The van der Waals surface area contributed by atoms with E-state index in [9.17, 15) is 19.5 Å². The van der Waals surface area contributed by atoms with Gasteiger partial charge in [0.1, 0.15) is 0 Å². The highest BCUT2D eigenvalue weighted by molar-refractivity contribution is 5.97. The number of nitrogens with zero attached hydrogens (tertiary/aromatic N) is 2. The third kappa shape index (κ3) is 7.08. The molecule has 1 saturated carbocycles. The second kappa shape index (κ2) is 12.5. The lowest BCUT2D eigenvalue weighted by Gasteiger charge is -2.25. The Morgan fingerprint density at radius 2 is 1.50 bits per heavy atom. The van der Waals surface area contributed by atoms with Crippen molar-refractivity contribution in [3.8, 4) is 11.1 Å². The molecule has 0 saturated heterocycles. The van der Waals surface area contributed by atoms with Crippen LogP contribution < -0.4 is 0 Å². The third-order valence-corrected chi connectivity index (χ3v) is 7.19. The standard InChI is InChI=1S/C34H32N2O4/c37-32(16-11-24-7-3-1-4-8-24)28-14-15-31(29-17-26(18-33(38)39)20-35-21-29)30(19-28)23-36(34(40)27-12-13-27)22-25-9-5-2-6-10-25/h1-10,14-15,17,19-21,27H,11-13,16,18,22-23H2,(H,38,39). The van der Waals surface area contributed by atoms with Crippen molar-refractivity contribution in [2.24, 2.45) is 5.92 Å². The highest BCUT2D eigenvalue weighted by Gasteiger charge is 2.33. The number of carboxylic acid groups (broad SMARTS) is 1. The number of Topliss-reactive ketones (excluding diaryl/α,β-unsaturated/α-hetero) is 1. The zero-order chi connectivity index (χ0) is 27.9. The van der Waals surface area contributed by atoms with Gasteiger partial charge in [-0.2, -0.15) is 0 Å². The Hall–Kier alpha value is -4.58. The number of amides is 1. The topological polar surface area (TPSA) is 87.6 Å². The smallest absolute Gasteiger partial charge is 0.307 e. The van der Waals surface area contributed by atoms with Crippen LogP contribution in [0.2, 0.25) is 0 Å². The highest BCUT2D eigenvalue weighted by Crippen LogP contribution is 2.34. The van der Waals surface area contributed by atoms with Gasteiger partial charge in [-0.1, -0.05) is 72.8 Å². The van der Waals surface area contributed by atoms with Crippen LogP contribution in [0.1, 0.15) is 51.9 Å². The fourth-order valence-electron chi connectivity index (χ4n) is 4.94. The summed E-state index contributed by atoms with van der Waals surface area (Å²) in [6.07, 6.45) is 5.95. The van der Waals surface area contributed by atoms with Gasteiger partial charge in [-0.25, -0.2) is 0 Å². The number of aryl methyl sites for hydroxylation is 1. The molecule has 1 heterocycles. The van der Waals surface area contributed by atoms with E-state index in [4.69, 9.17) is 0 Å². The molecule has 202 valence electrons. The Balaban J connectivity index is 1.48. The zero-order valence-electron chi connectivity index (χ0n) is 22.3. The van der Waals surface area contributed by atoms with Crippen molar-refractivity contribution in [1.82, 2.24) is 9.88 Å². The minimum atomic E-state index is -0.928. The van der Waals surface area contributed by atoms with E-state index in [-0.39, 0.29) is 24.0 Å². The molecule has 1 aliphatic rings. The molecule has 0 spiro atoms. The number of aliphatic carboxylic acids is 1. The van der Waals surface area contributed by atoms with Gasteiger partial charge in [0.25, 0.3) is 0 Å². The van der Waals surface area contributed by atoms with Crippen LogP contribution in [0.4, 0.5) is 0 Å². The maximum absolute atomic E-state index is 13.4. The molecule has 5 rings (SSSR count). The zero-order valence-corrected chi connectivity index (χ0v) is 22.3. The molecule has 4 aromatic rings. The first-order valence-corrected chi connectivity index (χ1v) is 13.6. The second-order valence-electron chi connectivity index (χ2n) is 10.4. The predicted molar refractivity (Wildman–Crippen MR) is 154 cm³/mol. The van der Waals surface area contributed by atoms with Crippen molar-refractivity contribution >= 4 is 17.7 Å². The average molecular weight is 533 g/mol. The molecular formula is C34H32N2O4. The minimum Gasteiger partial charge on any atom is -0.481 e. The highest BCUT2D eigenvalue weighted by atomic mass is 16.4. The summed E-state index contributed by atoms with van der Waals surface area (Å²) in [6.45, 7) is 0.807. The van der Waals surface area contributed by atoms with Gasteiger partial charge in [-0.15, -0.1) is 0 Å². The number of benzene rings is 3. The Morgan fingerprint density at radius 3 is 2.17 bits per heavy atom. The molecule has 1 aliphatic carbocycles. The molecule has 0 unspecified atom stereocenters. The number of carbonyl (C=O) groups is 3. The van der Waals surface area contributed by atoms with Gasteiger partial charge in [-0.3, -0.25) is 19.4 Å². The normalized spacial score (nSPS) is 12.6. The summed E-state index contributed by atoms with van der Waals surface area (Å²) in [6, 6.07) is 27.3. The summed E-state index contributed by atoms with van der Waals surface area (Å²) in [5, 5.41) is 9.28. The SMILES string of the molecule is O=C(O)Cc1cncc(-c2ccc(C(=O)CCc3ccccc3)cc2CN(Cc2ccccc2)C(=O)C2CC2)c1. The molecule has 0 aliphatic heterocycles. The van der Waals surface area contributed by atoms with E-state index in [0.29, 0.717) is 37.1 Å². The number of hydrogen-bond donors (Lipinski definition) is 1. The maximum atomic E-state index is 13.4. The van der Waals surface area contributed by atoms with E-state index in [1.165, 1.54) is 0 Å². The van der Waals surface area contributed by atoms with Crippen LogP contribution >= 0.6 is 0 Å². The van der Waals surface area contributed by atoms with E-state index in [2.05, 4.69) is 4.98 Å². The summed E-state index contributed by atoms with van der Waals surface area (Å²) in [4.78, 5) is 44.1. The average Bonchev–Trinajstić information content (AvgIpc) is 3.82. The number of carboxylic acids is 1. The fraction of sp³-hybridized carbons (Fsp3) is 0.235. The molecular weight excluding hydrogens is 500 g/mol. The van der Waals surface area contributed by atoms with Gasteiger partial charge in [0, 0.05) is 48.9 Å². The summed E-state index contributed by atoms with van der Waals surface area (Å²) in [5.74, 6) is -0.725. The summed E-state index contributed by atoms with van der Waals surface area (Å²) < 4.78 is 0. The lowest BCUT2D eigenvalue weighted by atomic mass is 9.94. The van der Waals surface area contributed by atoms with Gasteiger partial charge in [-0.05, 0) is 59.2 Å². The molecule has 0 atom stereocenters. The number of ketones is 1. The molecule has 3 aromatic carbocycles. The Morgan fingerprint density at radius 1 is 0.800 bits per heavy atom. The second-order valence-corrected chi connectivity index (χ2v) is 10.4. The van der Waals surface area contributed by atoms with Crippen molar-refractivity contribution in [1.29, 1.82) is 0 Å². The first-order valence-electron chi connectivity index (χ1n) is 13.6. The van der Waals surface area contributed by atoms with Crippen LogP contribution in [0, 0.1) is 5.92 Å². The Kier molecular flexibility index (Phi) is 8.45. The van der Waals surface area contributed by atoms with E-state index < -0.39 is 5.97 Å². The molecule has 0 radical (unpaired) electrons. The lowest BCUT2D eigenvalue weighted by molar-refractivity contribution is -0.136. The number of carbonyl (C=O) groups excluding carboxylic acids is 2. The fourth-order valence-corrected chi connectivity index (χ4v) is 4.94. The van der Waals surface area contributed by atoms with Crippen molar-refractivity contribution in [3.63, 3.8) is 0 Å². The van der Waals surface area contributed by atoms with Gasteiger partial charge in [0.2, 0.25) is 5.91 Å². The van der Waals surface area contributed by atoms with Crippen LogP contribution in [-0.4, -0.2) is 32.7 Å². The van der Waals surface area contributed by atoms with Gasteiger partial charge in [0.05, 0.1) is 6.42 Å². The van der Waals surface area contributed by atoms with E-state index in [0.717, 1.165) is 40.7 Å². The third-order valence-electron chi connectivity index (χ3n) is 7.19. The summed E-state index contributed by atoms with van der Waals surface area (Å²) >= 11 is 0. The number of rotatable bonds is 12. The van der Waals surface area contributed by atoms with Crippen molar-refractivity contribution in [2.45, 2.75) is 45.2 Å². The first-order chi connectivity index (χ1) is 19.5. The minimum absolute atomic E-state index is 0.0394. The predicted octanol–water partition coefficient (Wildman–Crippen LogP) is 6.13. The van der Waals surface area contributed by atoms with Crippen molar-refractivity contribution in [2.75, 3.05) is 0 Å². The van der Waals surface area contributed by atoms with Crippen LogP contribution in [0.5, 0.6) is 0 Å². The summed E-state index contributed by atoms with van der Waals surface area (Å²) in [5.41, 5.74) is 5.77. The van der Waals surface area contributed by atoms with Gasteiger partial charge >= 0.3 is 5.97 Å². The Labute approximate surface area is 234 Å². The van der Waals surface area contributed by atoms with Gasteiger partial charge in [0.15, 0.2) is 5.78 Å². The van der Waals surface area contributed by atoms with E-state index >= 15 is 0 Å². The van der Waals surface area contributed by atoms with Crippen molar-refractivity contribution in [3.05, 3.63) is 125 Å². The van der Waals surface area contributed by atoms with Crippen molar-refractivity contribution < 1.29 is 19.5 Å². The number of aromatic nitrogens is 1. The molecule has 6 heteroatoms. The Bertz CT molecular complexity index is 1500.